The third kappa shape index (κ3) is 4.24. The zero-order valence-corrected chi connectivity index (χ0v) is 26.7. The maximum Gasteiger partial charge on any atom is 0.101 e. The third-order valence-corrected chi connectivity index (χ3v) is 9.65. The van der Waals surface area contributed by atoms with Crippen molar-refractivity contribution in [2.24, 2.45) is 0 Å². The van der Waals surface area contributed by atoms with E-state index in [1.54, 1.807) is 0 Å². The first-order chi connectivity index (χ1) is 24.7. The number of aromatic nitrogens is 2. The minimum absolute atomic E-state index is 0.540. The fraction of sp³-hybridized carbons (Fsp3) is 0. The first kappa shape index (κ1) is 28.8. The smallest absolute Gasteiger partial charge is 0.101 e. The number of rotatable bonds is 4. The molecule has 5 nitrogen and oxygen atoms in total. The highest BCUT2D eigenvalue weighted by molar-refractivity contribution is 6.12. The van der Waals surface area contributed by atoms with Gasteiger partial charge < -0.3 is 9.13 Å². The molecule has 2 aromatic heterocycles. The van der Waals surface area contributed by atoms with Crippen LogP contribution in [0.4, 0.5) is 0 Å². The second kappa shape index (κ2) is 11.4. The van der Waals surface area contributed by atoms with E-state index in [1.807, 2.05) is 91.0 Å². The fourth-order valence-electron chi connectivity index (χ4n) is 7.52. The van der Waals surface area contributed by atoms with Gasteiger partial charge in [0.1, 0.15) is 6.07 Å². The van der Waals surface area contributed by atoms with Crippen LogP contribution >= 0.6 is 0 Å². The van der Waals surface area contributed by atoms with Crippen molar-refractivity contribution in [1.82, 2.24) is 9.13 Å². The lowest BCUT2D eigenvalue weighted by molar-refractivity contribution is 1.17. The molecule has 0 aliphatic heterocycles. The lowest BCUT2D eigenvalue weighted by Gasteiger charge is -2.18. The van der Waals surface area contributed by atoms with Crippen molar-refractivity contribution in [2.45, 2.75) is 0 Å². The summed E-state index contributed by atoms with van der Waals surface area (Å²) in [6.45, 7) is 0. The minimum atomic E-state index is 0.540. The quantitative estimate of drug-likeness (QED) is 0.193. The molecule has 0 fully saturated rings. The maximum atomic E-state index is 10.4. The number of nitriles is 3. The molecular formula is C45H25N5. The maximum absolute atomic E-state index is 10.4. The Bertz CT molecular complexity index is 2970. The van der Waals surface area contributed by atoms with Gasteiger partial charge in [-0.2, -0.15) is 15.8 Å². The van der Waals surface area contributed by atoms with Crippen LogP contribution in [-0.4, -0.2) is 9.13 Å². The summed E-state index contributed by atoms with van der Waals surface area (Å²) in [6.07, 6.45) is 0. The van der Waals surface area contributed by atoms with Crippen LogP contribution in [0.2, 0.25) is 0 Å². The molecule has 7 aromatic carbocycles. The minimum Gasteiger partial charge on any atom is -0.309 e. The zero-order valence-electron chi connectivity index (χ0n) is 26.7. The molecule has 0 saturated carbocycles. The largest absolute Gasteiger partial charge is 0.309 e. The molecule has 0 unspecified atom stereocenters. The second-order valence-corrected chi connectivity index (χ2v) is 12.3. The Balaban J connectivity index is 1.29. The molecule has 9 aromatic rings. The van der Waals surface area contributed by atoms with Crippen molar-refractivity contribution in [2.75, 3.05) is 0 Å². The van der Waals surface area contributed by atoms with Gasteiger partial charge in [0.15, 0.2) is 0 Å². The first-order valence-electron chi connectivity index (χ1n) is 16.3. The van der Waals surface area contributed by atoms with Crippen molar-refractivity contribution in [3.63, 3.8) is 0 Å². The van der Waals surface area contributed by atoms with Crippen LogP contribution < -0.4 is 0 Å². The summed E-state index contributed by atoms with van der Waals surface area (Å²) in [4.78, 5) is 0. The molecule has 0 atom stereocenters. The Labute approximate surface area is 287 Å². The van der Waals surface area contributed by atoms with Gasteiger partial charge in [-0.05, 0) is 77.4 Å². The van der Waals surface area contributed by atoms with E-state index in [0.717, 1.165) is 77.2 Å². The molecule has 0 aliphatic rings. The summed E-state index contributed by atoms with van der Waals surface area (Å²) < 4.78 is 4.39. The third-order valence-electron chi connectivity index (χ3n) is 9.65. The molecule has 0 saturated heterocycles. The molecular weight excluding hydrogens is 611 g/mol. The fourth-order valence-corrected chi connectivity index (χ4v) is 7.52. The lowest BCUT2D eigenvalue weighted by Crippen LogP contribution is -2.00. The lowest BCUT2D eigenvalue weighted by atomic mass is 9.92. The summed E-state index contributed by atoms with van der Waals surface area (Å²) >= 11 is 0. The highest BCUT2D eigenvalue weighted by Crippen LogP contribution is 2.41. The van der Waals surface area contributed by atoms with Crippen LogP contribution in [0, 0.1) is 34.0 Å². The summed E-state index contributed by atoms with van der Waals surface area (Å²) in [5.74, 6) is 0. The van der Waals surface area contributed by atoms with E-state index in [2.05, 4.69) is 88.0 Å². The van der Waals surface area contributed by atoms with Gasteiger partial charge >= 0.3 is 0 Å². The average Bonchev–Trinajstić information content (AvgIpc) is 3.70. The normalized spacial score (nSPS) is 11.1. The monoisotopic (exact) mass is 635 g/mol. The van der Waals surface area contributed by atoms with Gasteiger partial charge in [-0.15, -0.1) is 0 Å². The summed E-state index contributed by atoms with van der Waals surface area (Å²) in [5.41, 5.74) is 11.5. The Morgan fingerprint density at radius 2 is 1.00 bits per heavy atom. The molecule has 5 heteroatoms. The number of hydrogen-bond donors (Lipinski definition) is 0. The molecule has 2 heterocycles. The molecule has 0 spiro atoms. The average molecular weight is 636 g/mol. The van der Waals surface area contributed by atoms with Gasteiger partial charge in [-0.1, -0.05) is 91.0 Å². The Hall–Kier alpha value is -7.39. The van der Waals surface area contributed by atoms with Crippen LogP contribution in [0.15, 0.2) is 152 Å². The number of hydrogen-bond acceptors (Lipinski definition) is 3. The Morgan fingerprint density at radius 1 is 0.380 bits per heavy atom. The van der Waals surface area contributed by atoms with E-state index in [4.69, 9.17) is 0 Å². The molecule has 0 bridgehead atoms. The summed E-state index contributed by atoms with van der Waals surface area (Å²) in [6, 6.07) is 57.9. The number of para-hydroxylation sites is 3. The number of nitrogens with zero attached hydrogens (tertiary/aromatic N) is 5. The van der Waals surface area contributed by atoms with Gasteiger partial charge in [0.05, 0.1) is 62.3 Å². The van der Waals surface area contributed by atoms with Crippen molar-refractivity contribution in [3.05, 3.63) is 168 Å². The molecule has 0 aliphatic carbocycles. The van der Waals surface area contributed by atoms with Gasteiger partial charge in [-0.25, -0.2) is 0 Å². The van der Waals surface area contributed by atoms with E-state index in [-0.39, 0.29) is 0 Å². The summed E-state index contributed by atoms with van der Waals surface area (Å²) in [5, 5.41) is 34.0. The van der Waals surface area contributed by atoms with Crippen molar-refractivity contribution < 1.29 is 0 Å². The number of benzene rings is 7. The molecule has 0 N–H and O–H groups in total. The van der Waals surface area contributed by atoms with Crippen LogP contribution in [0.5, 0.6) is 0 Å². The Kier molecular flexibility index (Phi) is 6.56. The van der Waals surface area contributed by atoms with Gasteiger partial charge in [0.25, 0.3) is 0 Å². The highest BCUT2D eigenvalue weighted by atomic mass is 15.0. The van der Waals surface area contributed by atoms with E-state index in [9.17, 15) is 15.8 Å². The van der Waals surface area contributed by atoms with E-state index in [0.29, 0.717) is 16.7 Å². The molecule has 0 radical (unpaired) electrons. The number of fused-ring (bicyclic) bond motifs is 6. The van der Waals surface area contributed by atoms with Crippen molar-refractivity contribution >= 4 is 43.6 Å². The van der Waals surface area contributed by atoms with Crippen LogP contribution in [0.3, 0.4) is 0 Å². The van der Waals surface area contributed by atoms with Crippen LogP contribution in [-0.2, 0) is 0 Å². The van der Waals surface area contributed by atoms with Gasteiger partial charge in [0.2, 0.25) is 0 Å². The van der Waals surface area contributed by atoms with E-state index in [1.165, 1.54) is 0 Å². The van der Waals surface area contributed by atoms with Crippen molar-refractivity contribution in [3.8, 4) is 51.8 Å². The molecule has 0 amide bonds. The van der Waals surface area contributed by atoms with Gasteiger partial charge in [-0.3, -0.25) is 0 Å². The topological polar surface area (TPSA) is 81.2 Å². The predicted octanol–water partition coefficient (Wildman–Crippen LogP) is 10.8. The molecule has 50 heavy (non-hydrogen) atoms. The molecule has 9 rings (SSSR count). The predicted molar refractivity (Wildman–Crippen MR) is 200 cm³/mol. The highest BCUT2D eigenvalue weighted by Gasteiger charge is 2.20. The van der Waals surface area contributed by atoms with Crippen LogP contribution in [0.25, 0.3) is 77.2 Å². The van der Waals surface area contributed by atoms with E-state index < -0.39 is 0 Å². The first-order valence-corrected chi connectivity index (χ1v) is 16.3. The standard InChI is InChI=1S/C45H25N5/c46-26-29-20-23-42-38(24-29)36-14-4-7-17-40(36)49(42)39-16-6-3-13-35(39)34-12-2-1-11-33(34)30-21-22-31(27-47)44(25-30)50-41-18-8-5-15-37(41)45-32(28-48)10-9-19-43(45)50/h1-25H. The van der Waals surface area contributed by atoms with E-state index >= 15 is 0 Å². The second-order valence-electron chi connectivity index (χ2n) is 12.3. The van der Waals surface area contributed by atoms with Crippen molar-refractivity contribution in [1.29, 1.82) is 15.8 Å². The summed E-state index contributed by atoms with van der Waals surface area (Å²) in [7, 11) is 0. The SMILES string of the molecule is N#Cc1ccc2c(c1)c1ccccc1n2-c1ccccc1-c1ccccc1-c1ccc(C#N)c(-n2c3ccccc3c3c(C#N)cccc32)c1. The Morgan fingerprint density at radius 3 is 1.78 bits per heavy atom. The van der Waals surface area contributed by atoms with Crippen LogP contribution in [0.1, 0.15) is 16.7 Å². The zero-order chi connectivity index (χ0) is 33.8. The van der Waals surface area contributed by atoms with Gasteiger partial charge in [0, 0.05) is 27.1 Å². The molecule has 230 valence electrons.